The SMILES string of the molecule is CCOc1ccccc1CC(=O)Nc1ccc(-n2cc(F)cn2)c(S(=O)O)c1. The summed E-state index contributed by atoms with van der Waals surface area (Å²) in [4.78, 5) is 12.4. The molecule has 3 aromatic rings. The second-order valence-electron chi connectivity index (χ2n) is 5.80. The molecule has 1 unspecified atom stereocenters. The standard InChI is InChI=1S/C19H18FN3O4S/c1-2-27-17-6-4-3-5-13(17)9-19(24)22-15-7-8-16(18(10-15)28(25)26)23-12-14(20)11-21-23/h3-8,10-12H,2,9H2,1H3,(H,22,24)(H,25,26). The van der Waals surface area contributed by atoms with Crippen molar-refractivity contribution in [3.8, 4) is 11.4 Å². The largest absolute Gasteiger partial charge is 0.494 e. The van der Waals surface area contributed by atoms with Crippen molar-refractivity contribution in [2.75, 3.05) is 11.9 Å². The van der Waals surface area contributed by atoms with Crippen LogP contribution in [0.25, 0.3) is 5.69 Å². The first kappa shape index (κ1) is 19.7. The summed E-state index contributed by atoms with van der Waals surface area (Å²) in [5.41, 5.74) is 1.31. The fourth-order valence-corrected chi connectivity index (χ4v) is 3.25. The number of hydrogen-bond donors (Lipinski definition) is 2. The van der Waals surface area contributed by atoms with Gasteiger partial charge in [-0.3, -0.25) is 4.79 Å². The maximum atomic E-state index is 13.2. The second-order valence-corrected chi connectivity index (χ2v) is 6.74. The Labute approximate surface area is 163 Å². The molecule has 1 aromatic heterocycles. The minimum atomic E-state index is -2.36. The Balaban J connectivity index is 1.80. The van der Waals surface area contributed by atoms with E-state index in [1.165, 1.54) is 12.1 Å². The van der Waals surface area contributed by atoms with Gasteiger partial charge >= 0.3 is 0 Å². The van der Waals surface area contributed by atoms with Gasteiger partial charge in [-0.1, -0.05) is 18.2 Å². The molecule has 0 radical (unpaired) electrons. The number of anilines is 1. The molecule has 2 aromatic carbocycles. The average Bonchev–Trinajstić information content (AvgIpc) is 3.09. The lowest BCUT2D eigenvalue weighted by atomic mass is 10.1. The van der Waals surface area contributed by atoms with Crippen LogP contribution in [0.4, 0.5) is 10.1 Å². The van der Waals surface area contributed by atoms with E-state index in [1.807, 2.05) is 19.1 Å². The summed E-state index contributed by atoms with van der Waals surface area (Å²) in [6.45, 7) is 2.35. The van der Waals surface area contributed by atoms with Gasteiger partial charge in [-0.05, 0) is 31.2 Å². The Bertz CT molecular complexity index is 1020. The number of nitrogens with one attached hydrogen (secondary N) is 1. The Morgan fingerprint density at radius 3 is 2.79 bits per heavy atom. The molecule has 0 saturated heterocycles. The Hall–Kier alpha value is -3.04. The van der Waals surface area contributed by atoms with Gasteiger partial charge in [-0.25, -0.2) is 13.3 Å². The van der Waals surface area contributed by atoms with Gasteiger partial charge in [0, 0.05) is 11.3 Å². The number of ether oxygens (including phenoxy) is 1. The number of halogens is 1. The summed E-state index contributed by atoms with van der Waals surface area (Å²) in [5, 5.41) is 6.49. The van der Waals surface area contributed by atoms with E-state index in [9.17, 15) is 17.9 Å². The molecule has 0 aliphatic rings. The minimum absolute atomic E-state index is 0.00406. The Morgan fingerprint density at radius 2 is 2.11 bits per heavy atom. The Kier molecular flexibility index (Phi) is 6.17. The van der Waals surface area contributed by atoms with E-state index in [4.69, 9.17) is 4.74 Å². The molecule has 3 rings (SSSR count). The minimum Gasteiger partial charge on any atom is -0.494 e. The van der Waals surface area contributed by atoms with Gasteiger partial charge in [0.15, 0.2) is 16.9 Å². The third-order valence-corrected chi connectivity index (χ3v) is 4.56. The third-order valence-electron chi connectivity index (χ3n) is 3.85. The molecule has 2 N–H and O–H groups in total. The number of rotatable bonds is 7. The van der Waals surface area contributed by atoms with Crippen molar-refractivity contribution in [2.45, 2.75) is 18.2 Å². The number of aromatic nitrogens is 2. The molecule has 1 atom stereocenters. The van der Waals surface area contributed by atoms with Crippen LogP contribution in [-0.2, 0) is 22.3 Å². The van der Waals surface area contributed by atoms with Crippen LogP contribution in [-0.4, -0.2) is 31.1 Å². The number of nitrogens with zero attached hydrogens (tertiary/aromatic N) is 2. The molecule has 7 nitrogen and oxygen atoms in total. The van der Waals surface area contributed by atoms with E-state index in [0.29, 0.717) is 18.0 Å². The Morgan fingerprint density at radius 1 is 1.32 bits per heavy atom. The zero-order valence-corrected chi connectivity index (χ0v) is 15.8. The number of hydrogen-bond acceptors (Lipinski definition) is 4. The maximum Gasteiger partial charge on any atom is 0.228 e. The maximum absolute atomic E-state index is 13.2. The summed E-state index contributed by atoms with van der Waals surface area (Å²) in [7, 11) is 0. The molecular formula is C19H18FN3O4S. The first-order valence-electron chi connectivity index (χ1n) is 8.44. The lowest BCUT2D eigenvalue weighted by Gasteiger charge is -2.12. The molecule has 28 heavy (non-hydrogen) atoms. The van der Waals surface area contributed by atoms with Crippen LogP contribution in [0.5, 0.6) is 5.75 Å². The van der Waals surface area contributed by atoms with Crippen LogP contribution >= 0.6 is 0 Å². The topological polar surface area (TPSA) is 93.5 Å². The van der Waals surface area contributed by atoms with Crippen LogP contribution in [0.15, 0.2) is 59.8 Å². The van der Waals surface area contributed by atoms with Gasteiger partial charge in [-0.15, -0.1) is 0 Å². The lowest BCUT2D eigenvalue weighted by Crippen LogP contribution is -2.15. The first-order chi connectivity index (χ1) is 13.5. The van der Waals surface area contributed by atoms with Gasteiger partial charge in [-0.2, -0.15) is 5.10 Å². The molecule has 0 saturated carbocycles. The molecular weight excluding hydrogens is 385 g/mol. The van der Waals surface area contributed by atoms with Crippen molar-refractivity contribution in [1.29, 1.82) is 0 Å². The van der Waals surface area contributed by atoms with E-state index in [1.54, 1.807) is 18.2 Å². The smallest absolute Gasteiger partial charge is 0.228 e. The molecule has 0 bridgehead atoms. The van der Waals surface area contributed by atoms with Gasteiger partial charge in [0.05, 0.1) is 36.0 Å². The zero-order chi connectivity index (χ0) is 20.1. The van der Waals surface area contributed by atoms with Crippen molar-refractivity contribution in [1.82, 2.24) is 9.78 Å². The molecule has 0 aliphatic carbocycles. The molecule has 1 heterocycles. The molecule has 9 heteroatoms. The highest BCUT2D eigenvalue weighted by atomic mass is 32.2. The fraction of sp³-hybridized carbons (Fsp3) is 0.158. The van der Waals surface area contributed by atoms with Crippen molar-refractivity contribution in [3.63, 3.8) is 0 Å². The van der Waals surface area contributed by atoms with E-state index >= 15 is 0 Å². The number of amides is 1. The predicted octanol–water partition coefficient (Wildman–Crippen LogP) is 3.17. The number of carbonyl (C=O) groups excluding carboxylic acids is 1. The monoisotopic (exact) mass is 403 g/mol. The summed E-state index contributed by atoms with van der Waals surface area (Å²) in [6.07, 6.45) is 2.17. The van der Waals surface area contributed by atoms with Crippen LogP contribution in [0.1, 0.15) is 12.5 Å². The number of carbonyl (C=O) groups is 1. The van der Waals surface area contributed by atoms with Crippen molar-refractivity contribution in [3.05, 3.63) is 66.2 Å². The normalized spacial score (nSPS) is 11.8. The highest BCUT2D eigenvalue weighted by Crippen LogP contribution is 2.23. The van der Waals surface area contributed by atoms with Crippen LogP contribution in [0.3, 0.4) is 0 Å². The summed E-state index contributed by atoms with van der Waals surface area (Å²) in [6, 6.07) is 11.6. The van der Waals surface area contributed by atoms with Crippen molar-refractivity contribution < 1.29 is 22.7 Å². The van der Waals surface area contributed by atoms with Gasteiger partial charge in [0.2, 0.25) is 5.91 Å². The molecule has 0 spiro atoms. The van der Waals surface area contributed by atoms with Crippen molar-refractivity contribution >= 4 is 22.7 Å². The van der Waals surface area contributed by atoms with Crippen LogP contribution in [0, 0.1) is 5.82 Å². The van der Waals surface area contributed by atoms with Gasteiger partial charge < -0.3 is 14.6 Å². The predicted molar refractivity (Wildman–Crippen MR) is 103 cm³/mol. The highest BCUT2D eigenvalue weighted by molar-refractivity contribution is 7.79. The molecule has 0 fully saturated rings. The first-order valence-corrected chi connectivity index (χ1v) is 9.54. The summed E-state index contributed by atoms with van der Waals surface area (Å²) >= 11 is -2.36. The number of benzene rings is 2. The van der Waals surface area contributed by atoms with E-state index in [2.05, 4.69) is 10.4 Å². The number of para-hydroxylation sites is 1. The molecule has 1 amide bonds. The second kappa shape index (κ2) is 8.77. The van der Waals surface area contributed by atoms with Crippen molar-refractivity contribution in [2.24, 2.45) is 0 Å². The molecule has 146 valence electrons. The van der Waals surface area contributed by atoms with Crippen LogP contribution < -0.4 is 10.1 Å². The summed E-state index contributed by atoms with van der Waals surface area (Å²) in [5.74, 6) is -0.243. The third kappa shape index (κ3) is 4.62. The van der Waals surface area contributed by atoms with E-state index < -0.39 is 16.9 Å². The highest BCUT2D eigenvalue weighted by Gasteiger charge is 2.14. The lowest BCUT2D eigenvalue weighted by molar-refractivity contribution is -0.115. The average molecular weight is 403 g/mol. The summed E-state index contributed by atoms with van der Waals surface area (Å²) < 4.78 is 41.1. The fourth-order valence-electron chi connectivity index (χ4n) is 2.68. The van der Waals surface area contributed by atoms with E-state index in [-0.39, 0.29) is 22.9 Å². The van der Waals surface area contributed by atoms with Gasteiger partial charge in [0.1, 0.15) is 5.75 Å². The molecule has 0 aliphatic heterocycles. The van der Waals surface area contributed by atoms with E-state index in [0.717, 1.165) is 22.6 Å². The quantitative estimate of drug-likeness (QED) is 0.591. The zero-order valence-electron chi connectivity index (χ0n) is 15.0. The van der Waals surface area contributed by atoms with Crippen LogP contribution in [0.2, 0.25) is 0 Å². The van der Waals surface area contributed by atoms with Gasteiger partial charge in [0.25, 0.3) is 0 Å².